The Morgan fingerprint density at radius 2 is 1.59 bits per heavy atom. The summed E-state index contributed by atoms with van der Waals surface area (Å²) in [5, 5.41) is 3.29. The second kappa shape index (κ2) is 7.67. The van der Waals surface area contributed by atoms with Gasteiger partial charge in [0.25, 0.3) is 5.56 Å². The molecule has 0 aliphatic rings. The predicted molar refractivity (Wildman–Crippen MR) is 103 cm³/mol. The third-order valence-electron chi connectivity index (χ3n) is 4.95. The van der Waals surface area contributed by atoms with E-state index in [0.717, 1.165) is 4.40 Å². The molecule has 3 heterocycles. The van der Waals surface area contributed by atoms with Crippen LogP contribution in [0.5, 0.6) is 0 Å². The van der Waals surface area contributed by atoms with E-state index in [2.05, 4.69) is 10.1 Å². The van der Waals surface area contributed by atoms with Crippen LogP contribution in [0.15, 0.2) is 53.7 Å². The number of halogens is 8. The van der Waals surface area contributed by atoms with Gasteiger partial charge in [0, 0.05) is 29.3 Å². The molecule has 0 amide bonds. The van der Waals surface area contributed by atoms with Crippen LogP contribution in [0.3, 0.4) is 0 Å². The Kier molecular flexibility index (Phi) is 5.29. The van der Waals surface area contributed by atoms with Crippen LogP contribution in [-0.4, -0.2) is 35.8 Å². The van der Waals surface area contributed by atoms with Crippen molar-refractivity contribution in [3.05, 3.63) is 70.7 Å². The zero-order valence-corrected chi connectivity index (χ0v) is 17.0. The monoisotopic (exact) mass is 491 g/mol. The molecule has 0 fully saturated rings. The van der Waals surface area contributed by atoms with Crippen molar-refractivity contribution in [2.75, 3.05) is 0 Å². The lowest BCUT2D eigenvalue weighted by Crippen LogP contribution is -2.40. The standard InChI is InChI=1S/C20H13F8N5O/c1-11-8-32-16(34)14(12-7-29-31(9-12)10-18(21,22)20(26,27)28)15(19(23,24)25)30-17(32)33(11)13-5-3-2-4-6-13/h2-9H,10H2,1H3. The molecular formula is C20H13F8N5O. The van der Waals surface area contributed by atoms with Crippen LogP contribution in [0, 0.1) is 6.92 Å². The summed E-state index contributed by atoms with van der Waals surface area (Å²) in [6.07, 6.45) is -8.69. The maximum Gasteiger partial charge on any atom is 0.455 e. The summed E-state index contributed by atoms with van der Waals surface area (Å²) in [5.74, 6) is -5.55. The Bertz CT molecular complexity index is 1410. The molecule has 0 radical (unpaired) electrons. The molecule has 0 saturated carbocycles. The lowest BCUT2D eigenvalue weighted by molar-refractivity contribution is -0.287. The number of imidazole rings is 1. The summed E-state index contributed by atoms with van der Waals surface area (Å²) in [6, 6.07) is 8.13. The topological polar surface area (TPSA) is 57.1 Å². The SMILES string of the molecule is Cc1cn2c(=O)c(-c3cnn(CC(F)(F)C(F)(F)F)c3)c(C(F)(F)F)nc2n1-c1ccccc1. The molecule has 14 heteroatoms. The molecule has 0 atom stereocenters. The molecule has 0 N–H and O–H groups in total. The first kappa shape index (κ1) is 23.4. The summed E-state index contributed by atoms with van der Waals surface area (Å²) in [6.45, 7) is -0.441. The van der Waals surface area contributed by atoms with Gasteiger partial charge in [0.2, 0.25) is 5.78 Å². The molecular weight excluding hydrogens is 478 g/mol. The van der Waals surface area contributed by atoms with E-state index in [4.69, 9.17) is 0 Å². The van der Waals surface area contributed by atoms with Crippen molar-refractivity contribution in [3.8, 4) is 16.8 Å². The highest BCUT2D eigenvalue weighted by atomic mass is 19.4. The smallest absolute Gasteiger partial charge is 0.283 e. The fourth-order valence-electron chi connectivity index (χ4n) is 3.43. The summed E-state index contributed by atoms with van der Waals surface area (Å²) < 4.78 is 108. The number of nitrogens with zero attached hydrogens (tertiary/aromatic N) is 5. The number of fused-ring (bicyclic) bond motifs is 1. The minimum Gasteiger partial charge on any atom is -0.283 e. The second-order valence-corrected chi connectivity index (χ2v) is 7.38. The number of hydrogen-bond acceptors (Lipinski definition) is 3. The molecule has 180 valence electrons. The highest BCUT2D eigenvalue weighted by Gasteiger charge is 2.57. The molecule has 0 spiro atoms. The molecule has 0 unspecified atom stereocenters. The van der Waals surface area contributed by atoms with Gasteiger partial charge >= 0.3 is 18.3 Å². The molecule has 0 aliphatic heterocycles. The van der Waals surface area contributed by atoms with Crippen molar-refractivity contribution >= 4 is 5.78 Å². The van der Waals surface area contributed by atoms with Crippen molar-refractivity contribution in [2.45, 2.75) is 31.7 Å². The summed E-state index contributed by atoms with van der Waals surface area (Å²) in [5.41, 5.74) is -3.68. The quantitative estimate of drug-likeness (QED) is 0.383. The van der Waals surface area contributed by atoms with Crippen molar-refractivity contribution in [3.63, 3.8) is 0 Å². The highest BCUT2D eigenvalue weighted by Crippen LogP contribution is 2.38. The zero-order chi connectivity index (χ0) is 25.1. The predicted octanol–water partition coefficient (Wildman–Crippen LogP) is 4.87. The first-order valence-electron chi connectivity index (χ1n) is 9.45. The lowest BCUT2D eigenvalue weighted by Gasteiger charge is -2.19. The van der Waals surface area contributed by atoms with Gasteiger partial charge in [-0.3, -0.25) is 18.4 Å². The fraction of sp³-hybridized carbons (Fsp3) is 0.250. The van der Waals surface area contributed by atoms with Crippen molar-refractivity contribution in [2.24, 2.45) is 0 Å². The number of benzene rings is 1. The largest absolute Gasteiger partial charge is 0.455 e. The van der Waals surface area contributed by atoms with Crippen molar-refractivity contribution in [1.29, 1.82) is 0 Å². The van der Waals surface area contributed by atoms with Crippen LogP contribution in [0.2, 0.25) is 0 Å². The minimum atomic E-state index is -5.89. The zero-order valence-electron chi connectivity index (χ0n) is 17.0. The van der Waals surface area contributed by atoms with Crippen molar-refractivity contribution < 1.29 is 35.1 Å². The Balaban J connectivity index is 1.92. The lowest BCUT2D eigenvalue weighted by atomic mass is 10.1. The van der Waals surface area contributed by atoms with E-state index in [0.29, 0.717) is 23.8 Å². The minimum absolute atomic E-state index is 0.123. The van der Waals surface area contributed by atoms with Crippen molar-refractivity contribution in [1.82, 2.24) is 23.7 Å². The van der Waals surface area contributed by atoms with Gasteiger partial charge in [-0.05, 0) is 19.1 Å². The van der Waals surface area contributed by atoms with Crippen LogP contribution in [0.25, 0.3) is 22.6 Å². The summed E-state index contributed by atoms with van der Waals surface area (Å²) >= 11 is 0. The number of rotatable bonds is 4. The van der Waals surface area contributed by atoms with E-state index in [-0.39, 0.29) is 10.5 Å². The number of aryl methyl sites for hydroxylation is 1. The van der Waals surface area contributed by atoms with Gasteiger partial charge in [0.05, 0.1) is 11.8 Å². The Morgan fingerprint density at radius 1 is 0.941 bits per heavy atom. The van der Waals surface area contributed by atoms with Crippen LogP contribution in [0.1, 0.15) is 11.4 Å². The van der Waals surface area contributed by atoms with E-state index in [1.165, 1.54) is 17.7 Å². The van der Waals surface area contributed by atoms with E-state index < -0.39 is 47.2 Å². The Labute approximate surface area is 184 Å². The second-order valence-electron chi connectivity index (χ2n) is 7.38. The van der Waals surface area contributed by atoms with Crippen LogP contribution < -0.4 is 5.56 Å². The third kappa shape index (κ3) is 3.92. The van der Waals surface area contributed by atoms with E-state index >= 15 is 0 Å². The van der Waals surface area contributed by atoms with E-state index in [9.17, 15) is 39.9 Å². The highest BCUT2D eigenvalue weighted by molar-refractivity contribution is 5.66. The van der Waals surface area contributed by atoms with Crippen LogP contribution in [-0.2, 0) is 12.7 Å². The molecule has 0 saturated heterocycles. The van der Waals surface area contributed by atoms with Gasteiger partial charge in [-0.2, -0.15) is 40.2 Å². The molecule has 4 rings (SSSR count). The molecule has 34 heavy (non-hydrogen) atoms. The number of alkyl halides is 8. The first-order chi connectivity index (χ1) is 15.7. The summed E-state index contributed by atoms with van der Waals surface area (Å²) in [4.78, 5) is 16.7. The molecule has 0 bridgehead atoms. The number of para-hydroxylation sites is 1. The Hall–Kier alpha value is -3.71. The van der Waals surface area contributed by atoms with Gasteiger partial charge in [-0.25, -0.2) is 4.98 Å². The van der Waals surface area contributed by atoms with Gasteiger partial charge in [-0.1, -0.05) is 18.2 Å². The molecule has 4 aromatic rings. The molecule has 6 nitrogen and oxygen atoms in total. The van der Waals surface area contributed by atoms with E-state index in [1.807, 2.05) is 0 Å². The van der Waals surface area contributed by atoms with Crippen LogP contribution in [0.4, 0.5) is 35.1 Å². The van der Waals surface area contributed by atoms with Gasteiger partial charge < -0.3 is 0 Å². The summed E-state index contributed by atoms with van der Waals surface area (Å²) in [7, 11) is 0. The maximum atomic E-state index is 13.9. The first-order valence-corrected chi connectivity index (χ1v) is 9.45. The molecule has 3 aromatic heterocycles. The maximum absolute atomic E-state index is 13.9. The van der Waals surface area contributed by atoms with Gasteiger partial charge in [0.1, 0.15) is 6.54 Å². The van der Waals surface area contributed by atoms with E-state index in [1.54, 1.807) is 30.3 Å². The molecule has 1 aromatic carbocycles. The number of aromatic nitrogens is 5. The molecule has 0 aliphatic carbocycles. The van der Waals surface area contributed by atoms with Gasteiger partial charge in [-0.15, -0.1) is 0 Å². The Morgan fingerprint density at radius 3 is 2.18 bits per heavy atom. The van der Waals surface area contributed by atoms with Gasteiger partial charge in [0.15, 0.2) is 5.69 Å². The number of hydrogen-bond donors (Lipinski definition) is 0. The fourth-order valence-corrected chi connectivity index (χ4v) is 3.43. The average molecular weight is 491 g/mol. The normalized spacial score (nSPS) is 13.1. The third-order valence-corrected chi connectivity index (χ3v) is 4.95. The average Bonchev–Trinajstić information content (AvgIpc) is 3.30. The van der Waals surface area contributed by atoms with Crippen LogP contribution >= 0.6 is 0 Å².